The maximum atomic E-state index is 12.7. The van der Waals surface area contributed by atoms with Crippen molar-refractivity contribution in [2.24, 2.45) is 5.92 Å². The first-order valence-electron chi connectivity index (χ1n) is 9.11. The molecule has 1 fully saturated rings. The van der Waals surface area contributed by atoms with Gasteiger partial charge >= 0.3 is 0 Å². The molecular formula is C21H26N2O2. The summed E-state index contributed by atoms with van der Waals surface area (Å²) in [5.41, 5.74) is 2.76. The van der Waals surface area contributed by atoms with Crippen LogP contribution >= 0.6 is 0 Å². The summed E-state index contributed by atoms with van der Waals surface area (Å²) in [7, 11) is 0. The van der Waals surface area contributed by atoms with Crippen molar-refractivity contribution in [1.29, 1.82) is 0 Å². The topological polar surface area (TPSA) is 42.4 Å². The third-order valence-electron chi connectivity index (χ3n) is 4.86. The molecule has 0 unspecified atom stereocenters. The number of aromatic nitrogens is 1. The Bertz CT molecular complexity index is 721. The molecule has 0 spiro atoms. The maximum absolute atomic E-state index is 12.7. The molecule has 0 bridgehead atoms. The van der Waals surface area contributed by atoms with Crippen molar-refractivity contribution < 1.29 is 9.53 Å². The highest BCUT2D eigenvalue weighted by Gasteiger charge is 2.21. The average Bonchev–Trinajstić information content (AvgIpc) is 2.67. The van der Waals surface area contributed by atoms with Gasteiger partial charge in [0, 0.05) is 31.0 Å². The number of nitrogens with zero attached hydrogens (tertiary/aromatic N) is 2. The Morgan fingerprint density at radius 2 is 2.00 bits per heavy atom. The van der Waals surface area contributed by atoms with Crippen LogP contribution in [0, 0.1) is 5.92 Å². The zero-order valence-corrected chi connectivity index (χ0v) is 15.1. The Hall–Kier alpha value is -2.36. The van der Waals surface area contributed by atoms with E-state index in [0.29, 0.717) is 18.1 Å². The Balaban J connectivity index is 1.66. The van der Waals surface area contributed by atoms with Crippen molar-refractivity contribution in [2.45, 2.75) is 39.7 Å². The number of para-hydroxylation sites is 1. The summed E-state index contributed by atoms with van der Waals surface area (Å²) < 4.78 is 5.94. The van der Waals surface area contributed by atoms with E-state index in [4.69, 9.17) is 4.74 Å². The second-order valence-corrected chi connectivity index (χ2v) is 6.81. The van der Waals surface area contributed by atoms with Crippen LogP contribution in [-0.2, 0) is 13.0 Å². The van der Waals surface area contributed by atoms with Crippen molar-refractivity contribution in [2.75, 3.05) is 13.1 Å². The number of ether oxygens (including phenoxy) is 1. The van der Waals surface area contributed by atoms with Gasteiger partial charge in [-0.15, -0.1) is 0 Å². The second-order valence-electron chi connectivity index (χ2n) is 6.81. The van der Waals surface area contributed by atoms with E-state index < -0.39 is 0 Å². The van der Waals surface area contributed by atoms with Crippen LogP contribution in [0.25, 0.3) is 0 Å². The number of amides is 1. The molecule has 25 heavy (non-hydrogen) atoms. The van der Waals surface area contributed by atoms with Crippen LogP contribution in [0.3, 0.4) is 0 Å². The standard InChI is InChI=1S/C21H26N2O2/c1-3-18-6-4-5-7-20(18)25-15-17-12-19(14-22-13-17)21(24)23-10-8-16(2)9-11-23/h4-7,12-14,16H,3,8-11,15H2,1-2H3. The molecule has 1 aliphatic rings. The molecular weight excluding hydrogens is 312 g/mol. The van der Waals surface area contributed by atoms with Crippen LogP contribution in [0.4, 0.5) is 0 Å². The van der Waals surface area contributed by atoms with Crippen molar-refractivity contribution in [3.63, 3.8) is 0 Å². The van der Waals surface area contributed by atoms with Gasteiger partial charge in [0.15, 0.2) is 0 Å². The van der Waals surface area contributed by atoms with Crippen LogP contribution in [0.2, 0.25) is 0 Å². The van der Waals surface area contributed by atoms with E-state index >= 15 is 0 Å². The van der Waals surface area contributed by atoms with Gasteiger partial charge in [-0.2, -0.15) is 0 Å². The molecule has 1 amide bonds. The summed E-state index contributed by atoms with van der Waals surface area (Å²) >= 11 is 0. The summed E-state index contributed by atoms with van der Waals surface area (Å²) in [6.45, 7) is 6.45. The molecule has 4 heteroatoms. The molecule has 0 N–H and O–H groups in total. The van der Waals surface area contributed by atoms with Crippen molar-refractivity contribution in [3.05, 3.63) is 59.4 Å². The number of piperidine rings is 1. The van der Waals surface area contributed by atoms with Gasteiger partial charge in [0.25, 0.3) is 5.91 Å². The summed E-state index contributed by atoms with van der Waals surface area (Å²) in [6, 6.07) is 9.96. The highest BCUT2D eigenvalue weighted by molar-refractivity contribution is 5.94. The van der Waals surface area contributed by atoms with E-state index in [-0.39, 0.29) is 5.91 Å². The van der Waals surface area contributed by atoms with E-state index in [1.54, 1.807) is 12.4 Å². The predicted molar refractivity (Wildman–Crippen MR) is 98.7 cm³/mol. The normalized spacial score (nSPS) is 15.2. The lowest BCUT2D eigenvalue weighted by Gasteiger charge is -2.30. The zero-order chi connectivity index (χ0) is 17.6. The van der Waals surface area contributed by atoms with Crippen LogP contribution in [-0.4, -0.2) is 28.9 Å². The van der Waals surface area contributed by atoms with Gasteiger partial charge in [-0.1, -0.05) is 32.0 Å². The number of pyridine rings is 1. The summed E-state index contributed by atoms with van der Waals surface area (Å²) in [5.74, 6) is 1.68. The first-order valence-corrected chi connectivity index (χ1v) is 9.11. The molecule has 1 aliphatic heterocycles. The Morgan fingerprint density at radius 1 is 1.24 bits per heavy atom. The van der Waals surface area contributed by atoms with E-state index in [2.05, 4.69) is 24.9 Å². The van der Waals surface area contributed by atoms with Gasteiger partial charge in [-0.25, -0.2) is 0 Å². The molecule has 1 saturated heterocycles. The van der Waals surface area contributed by atoms with Gasteiger partial charge in [-0.3, -0.25) is 9.78 Å². The molecule has 0 aliphatic carbocycles. The van der Waals surface area contributed by atoms with E-state index in [9.17, 15) is 4.79 Å². The fourth-order valence-electron chi connectivity index (χ4n) is 3.18. The minimum atomic E-state index is 0.0789. The van der Waals surface area contributed by atoms with Crippen LogP contribution < -0.4 is 4.74 Å². The van der Waals surface area contributed by atoms with Gasteiger partial charge in [0.2, 0.25) is 0 Å². The van der Waals surface area contributed by atoms with Crippen molar-refractivity contribution >= 4 is 5.91 Å². The number of hydrogen-bond donors (Lipinski definition) is 0. The third-order valence-corrected chi connectivity index (χ3v) is 4.86. The first-order chi connectivity index (χ1) is 12.2. The van der Waals surface area contributed by atoms with Gasteiger partial charge < -0.3 is 9.64 Å². The molecule has 3 rings (SSSR count). The van der Waals surface area contributed by atoms with Gasteiger partial charge in [-0.05, 0) is 42.9 Å². The highest BCUT2D eigenvalue weighted by Crippen LogP contribution is 2.21. The Morgan fingerprint density at radius 3 is 2.76 bits per heavy atom. The summed E-state index contributed by atoms with van der Waals surface area (Å²) in [4.78, 5) is 18.9. The number of hydrogen-bond acceptors (Lipinski definition) is 3. The largest absolute Gasteiger partial charge is 0.489 e. The number of aryl methyl sites for hydroxylation is 1. The van der Waals surface area contributed by atoms with Crippen molar-refractivity contribution in [3.8, 4) is 5.75 Å². The molecule has 132 valence electrons. The zero-order valence-electron chi connectivity index (χ0n) is 15.1. The lowest BCUT2D eigenvalue weighted by atomic mass is 9.99. The quantitative estimate of drug-likeness (QED) is 0.824. The minimum Gasteiger partial charge on any atom is -0.489 e. The Labute approximate surface area is 149 Å². The molecule has 1 aromatic heterocycles. The van der Waals surface area contributed by atoms with E-state index in [1.165, 1.54) is 5.56 Å². The number of likely N-dealkylation sites (tertiary alicyclic amines) is 1. The fourth-order valence-corrected chi connectivity index (χ4v) is 3.18. The summed E-state index contributed by atoms with van der Waals surface area (Å²) in [6.07, 6.45) is 6.51. The van der Waals surface area contributed by atoms with Crippen LogP contribution in [0.1, 0.15) is 48.2 Å². The average molecular weight is 338 g/mol. The smallest absolute Gasteiger partial charge is 0.255 e. The third kappa shape index (κ3) is 4.38. The molecule has 1 aromatic carbocycles. The molecule has 4 nitrogen and oxygen atoms in total. The fraction of sp³-hybridized carbons (Fsp3) is 0.429. The van der Waals surface area contributed by atoms with E-state index in [1.807, 2.05) is 29.2 Å². The lowest BCUT2D eigenvalue weighted by molar-refractivity contribution is 0.0696. The van der Waals surface area contributed by atoms with Crippen LogP contribution in [0.5, 0.6) is 5.75 Å². The molecule has 2 aromatic rings. The SMILES string of the molecule is CCc1ccccc1OCc1cncc(C(=O)N2CCC(C)CC2)c1. The second kappa shape index (κ2) is 8.15. The van der Waals surface area contributed by atoms with Gasteiger partial charge in [0.1, 0.15) is 12.4 Å². The molecule has 0 atom stereocenters. The minimum absolute atomic E-state index is 0.0789. The summed E-state index contributed by atoms with van der Waals surface area (Å²) in [5, 5.41) is 0. The number of rotatable bonds is 5. The first kappa shape index (κ1) is 17.5. The molecule has 0 saturated carbocycles. The van der Waals surface area contributed by atoms with E-state index in [0.717, 1.165) is 43.7 Å². The van der Waals surface area contributed by atoms with Crippen molar-refractivity contribution in [1.82, 2.24) is 9.88 Å². The monoisotopic (exact) mass is 338 g/mol. The predicted octanol–water partition coefficient (Wildman–Crippen LogP) is 4.10. The number of carbonyl (C=O) groups is 1. The van der Waals surface area contributed by atoms with Gasteiger partial charge in [0.05, 0.1) is 5.56 Å². The highest BCUT2D eigenvalue weighted by atomic mass is 16.5. The lowest BCUT2D eigenvalue weighted by Crippen LogP contribution is -2.38. The maximum Gasteiger partial charge on any atom is 0.255 e. The molecule has 2 heterocycles. The molecule has 0 radical (unpaired) electrons. The Kier molecular flexibility index (Phi) is 5.69. The number of carbonyl (C=O) groups excluding carboxylic acids is 1. The van der Waals surface area contributed by atoms with Crippen LogP contribution in [0.15, 0.2) is 42.7 Å². The number of benzene rings is 1.